The van der Waals surface area contributed by atoms with Crippen molar-refractivity contribution in [2.24, 2.45) is 0 Å². The molecule has 1 aromatic heterocycles. The molecule has 0 spiro atoms. The van der Waals surface area contributed by atoms with Gasteiger partial charge in [0.05, 0.1) is 0 Å². The number of hydrogen-bond acceptors (Lipinski definition) is 8. The highest BCUT2D eigenvalue weighted by molar-refractivity contribution is 5.33. The van der Waals surface area contributed by atoms with E-state index in [1.54, 1.807) is 0 Å². The first-order valence-corrected chi connectivity index (χ1v) is 3.18. The van der Waals surface area contributed by atoms with E-state index in [0.29, 0.717) is 0 Å². The van der Waals surface area contributed by atoms with Crippen molar-refractivity contribution in [3.63, 3.8) is 0 Å². The van der Waals surface area contributed by atoms with Crippen molar-refractivity contribution < 1.29 is 20.6 Å². The summed E-state index contributed by atoms with van der Waals surface area (Å²) in [6, 6.07) is 0. The summed E-state index contributed by atoms with van der Waals surface area (Å²) in [5.74, 6) is 0.125. The summed E-state index contributed by atoms with van der Waals surface area (Å²) in [5, 5.41) is 0. The van der Waals surface area contributed by atoms with Crippen LogP contribution >= 0.6 is 0 Å². The lowest BCUT2D eigenvalue weighted by Gasteiger charge is -1.93. The van der Waals surface area contributed by atoms with E-state index >= 15 is 0 Å². The predicted octanol–water partition coefficient (Wildman–Crippen LogP) is -3.13. The second-order valence-electron chi connectivity index (χ2n) is 1.48. The highest BCUT2D eigenvalue weighted by atomic mass is 35.6. The average Bonchev–Trinajstić information content (AvgIpc) is 1.84. The Kier molecular flexibility index (Phi) is 4.69. The normalized spacial score (nSPS) is 8.50. The molecule has 0 aliphatic heterocycles. The van der Waals surface area contributed by atoms with Crippen molar-refractivity contribution in [3.05, 3.63) is 0 Å². The summed E-state index contributed by atoms with van der Waals surface area (Å²) in [6.07, 6.45) is 0. The molecule has 0 fully saturated rings. The smallest absolute Gasteiger partial charge is 0.327 e. The standard InChI is InChI=1S/C3H6N6.ClHO2/c4-1-7-2(5)9-3(6)8-1;2-1-3/h(H6,4,5,6,7,8,9);2H. The Labute approximate surface area is 71.5 Å². The third kappa shape index (κ3) is 4.44. The van der Waals surface area contributed by atoms with Crippen molar-refractivity contribution in [3.8, 4) is 0 Å². The number of nitrogens with zero attached hydrogens (tertiary/aromatic N) is 3. The van der Waals surface area contributed by atoms with Gasteiger partial charge in [0.2, 0.25) is 17.8 Å². The van der Waals surface area contributed by atoms with E-state index in [0.717, 1.165) is 0 Å². The Morgan fingerprint density at radius 3 is 1.33 bits per heavy atom. The number of nitrogens with two attached hydrogens (primary N) is 3. The summed E-state index contributed by atoms with van der Waals surface area (Å²) >= 11 is -0.167. The van der Waals surface area contributed by atoms with Gasteiger partial charge in [-0.1, -0.05) is 0 Å². The number of hydrogen-bond donors (Lipinski definition) is 4. The summed E-state index contributed by atoms with van der Waals surface area (Å²) in [4.78, 5) is 10.5. The van der Waals surface area contributed by atoms with Gasteiger partial charge in [-0.25, -0.2) is 0 Å². The van der Waals surface area contributed by atoms with Crippen LogP contribution in [0.3, 0.4) is 0 Å². The van der Waals surface area contributed by atoms with Gasteiger partial charge in [-0.2, -0.15) is 15.0 Å². The van der Waals surface area contributed by atoms with Crippen molar-refractivity contribution in [2.45, 2.75) is 0 Å². The Bertz CT molecular complexity index is 194. The second-order valence-corrected chi connectivity index (χ2v) is 1.62. The molecule has 0 bridgehead atoms. The second kappa shape index (κ2) is 5.29. The Hall–Kier alpha value is -1.38. The molecule has 7 N–H and O–H groups in total. The minimum Gasteiger partial charge on any atom is -0.506 e. The fourth-order valence-electron chi connectivity index (χ4n) is 0.427. The quantitative estimate of drug-likeness (QED) is 0.337. The van der Waals surface area contributed by atoms with Gasteiger partial charge in [0.15, 0.2) is 0 Å². The molecule has 0 aliphatic carbocycles. The van der Waals surface area contributed by atoms with E-state index in [9.17, 15) is 0 Å². The molecule has 0 unspecified atom stereocenters. The molecule has 0 saturated heterocycles. The minimum absolute atomic E-state index is 0.0417. The predicted molar refractivity (Wildman–Crippen MR) is 35.3 cm³/mol. The number of nitrogen functional groups attached to an aromatic ring is 3. The fraction of sp³-hybridized carbons (Fsp3) is 0. The van der Waals surface area contributed by atoms with Crippen molar-refractivity contribution in [1.82, 2.24) is 15.0 Å². The Morgan fingerprint density at radius 2 is 1.17 bits per heavy atom. The summed E-state index contributed by atoms with van der Waals surface area (Å²) < 4.78 is 15.2. The molecule has 12 heavy (non-hydrogen) atoms. The highest BCUT2D eigenvalue weighted by Crippen LogP contribution is 1.97. The monoisotopic (exact) mass is 194 g/mol. The van der Waals surface area contributed by atoms with Gasteiger partial charge in [-0.15, -0.1) is 4.66 Å². The van der Waals surface area contributed by atoms with Crippen molar-refractivity contribution in [1.29, 1.82) is 0 Å². The van der Waals surface area contributed by atoms with Crippen LogP contribution in [0.25, 0.3) is 0 Å². The van der Waals surface area contributed by atoms with Gasteiger partial charge in [0, 0.05) is 0 Å². The molecule has 0 aliphatic rings. The summed E-state index contributed by atoms with van der Waals surface area (Å²) in [6.45, 7) is 0. The fourth-order valence-corrected chi connectivity index (χ4v) is 0.427. The zero-order valence-electron chi connectivity index (χ0n) is 5.81. The van der Waals surface area contributed by atoms with Gasteiger partial charge < -0.3 is 21.9 Å². The van der Waals surface area contributed by atoms with E-state index in [1.807, 2.05) is 0 Å². The number of anilines is 3. The van der Waals surface area contributed by atoms with E-state index in [-0.39, 0.29) is 29.2 Å². The first-order valence-electron chi connectivity index (χ1n) is 2.53. The third-order valence-corrected chi connectivity index (χ3v) is 0.687. The SMILES string of the molecule is Nc1nc(N)nc(N)n1.[O-][Cl+]O. The van der Waals surface area contributed by atoms with Crippen LogP contribution in [0.15, 0.2) is 0 Å². The van der Waals surface area contributed by atoms with Crippen molar-refractivity contribution in [2.75, 3.05) is 17.2 Å². The van der Waals surface area contributed by atoms with E-state index in [2.05, 4.69) is 15.0 Å². The van der Waals surface area contributed by atoms with E-state index in [1.165, 1.54) is 0 Å². The number of rotatable bonds is 0. The van der Waals surface area contributed by atoms with E-state index < -0.39 is 0 Å². The van der Waals surface area contributed by atoms with Crippen molar-refractivity contribution >= 4 is 17.8 Å². The molecule has 0 atom stereocenters. The van der Waals surface area contributed by atoms with Gasteiger partial charge in [-0.3, -0.25) is 0 Å². The Balaban J connectivity index is 0.000000354. The van der Waals surface area contributed by atoms with Crippen LogP contribution in [-0.4, -0.2) is 19.6 Å². The largest absolute Gasteiger partial charge is 0.506 e. The molecule has 8 nitrogen and oxygen atoms in total. The van der Waals surface area contributed by atoms with Crippen LogP contribution in [-0.2, 0) is 0 Å². The topological polar surface area (TPSA) is 160 Å². The third-order valence-electron chi connectivity index (χ3n) is 0.687. The maximum Gasteiger partial charge on any atom is 0.327 e. The first kappa shape index (κ1) is 10.6. The molecule has 1 aromatic rings. The zero-order chi connectivity index (χ0) is 9.56. The molecular formula is C3H7ClN6O2. The number of aromatic nitrogens is 3. The number of halogens is 1. The van der Waals surface area contributed by atoms with Gasteiger partial charge in [-0.05, 0) is 0 Å². The van der Waals surface area contributed by atoms with Gasteiger partial charge in [0.25, 0.3) is 0 Å². The van der Waals surface area contributed by atoms with Crippen LogP contribution in [0.1, 0.15) is 0 Å². The molecule has 1 heterocycles. The molecule has 0 radical (unpaired) electrons. The maximum atomic E-state index is 8.35. The van der Waals surface area contributed by atoms with Crippen LogP contribution in [0, 0.1) is 11.3 Å². The molecule has 0 amide bonds. The van der Waals surface area contributed by atoms with Gasteiger partial charge in [0.1, 0.15) is 0 Å². The van der Waals surface area contributed by atoms with E-state index in [4.69, 9.17) is 26.5 Å². The summed E-state index contributed by atoms with van der Waals surface area (Å²) in [5.41, 5.74) is 15.4. The lowest BCUT2D eigenvalue weighted by molar-refractivity contribution is -1.27. The van der Waals surface area contributed by atoms with Crippen LogP contribution in [0.4, 0.5) is 17.8 Å². The summed E-state index contributed by atoms with van der Waals surface area (Å²) in [7, 11) is 0. The molecule has 0 saturated carbocycles. The molecular weight excluding hydrogens is 188 g/mol. The van der Waals surface area contributed by atoms with Crippen LogP contribution < -0.4 is 21.9 Å². The lowest BCUT2D eigenvalue weighted by Crippen LogP contribution is -2.05. The maximum absolute atomic E-state index is 8.35. The lowest BCUT2D eigenvalue weighted by atomic mass is 10.9. The van der Waals surface area contributed by atoms with Crippen LogP contribution in [0.2, 0.25) is 0 Å². The molecule has 9 heteroatoms. The molecule has 68 valence electrons. The Morgan fingerprint density at radius 1 is 1.00 bits per heavy atom. The highest BCUT2D eigenvalue weighted by Gasteiger charge is 1.93. The first-order chi connectivity index (χ1) is 5.60. The molecule has 0 aromatic carbocycles. The van der Waals surface area contributed by atoms with Gasteiger partial charge >= 0.3 is 11.3 Å². The minimum atomic E-state index is -0.167. The van der Waals surface area contributed by atoms with Crippen LogP contribution in [0.5, 0.6) is 0 Å². The molecule has 1 rings (SSSR count). The average molecular weight is 195 g/mol. The zero-order valence-corrected chi connectivity index (χ0v) is 6.56.